The van der Waals surface area contributed by atoms with Gasteiger partial charge in [0, 0.05) is 10.2 Å². The molecule has 0 unspecified atom stereocenters. The summed E-state index contributed by atoms with van der Waals surface area (Å²) in [5, 5.41) is 5.58. The van der Waals surface area contributed by atoms with Crippen LogP contribution >= 0.6 is 15.9 Å². The lowest BCUT2D eigenvalue weighted by Gasteiger charge is -2.36. The van der Waals surface area contributed by atoms with Crippen LogP contribution in [0.4, 0.5) is 17.1 Å². The number of nitrogens with one attached hydrogen (secondary N) is 2. The average Bonchev–Trinajstić information content (AvgIpc) is 2.80. The molecule has 8 heteroatoms. The molecule has 0 aliphatic carbocycles. The van der Waals surface area contributed by atoms with Crippen LogP contribution in [0.1, 0.15) is 16.8 Å². The van der Waals surface area contributed by atoms with E-state index in [0.29, 0.717) is 28.4 Å². The third kappa shape index (κ3) is 4.36. The molecule has 0 saturated carbocycles. The number of amides is 3. The molecule has 1 aliphatic heterocycles. The molecule has 4 rings (SSSR count). The van der Waals surface area contributed by atoms with E-state index in [0.717, 1.165) is 4.47 Å². The van der Waals surface area contributed by atoms with Crippen molar-refractivity contribution in [2.75, 3.05) is 22.6 Å². The Labute approximate surface area is 193 Å². The van der Waals surface area contributed by atoms with E-state index in [4.69, 9.17) is 4.74 Å². The quantitative estimate of drug-likeness (QED) is 0.549. The van der Waals surface area contributed by atoms with Crippen molar-refractivity contribution in [3.05, 3.63) is 82.8 Å². The molecule has 0 spiro atoms. The van der Waals surface area contributed by atoms with Crippen LogP contribution in [0, 0.1) is 0 Å². The first kappa shape index (κ1) is 21.6. The van der Waals surface area contributed by atoms with E-state index in [2.05, 4.69) is 26.6 Å². The summed E-state index contributed by atoms with van der Waals surface area (Å²) >= 11 is 3.35. The highest BCUT2D eigenvalue weighted by Crippen LogP contribution is 2.35. The van der Waals surface area contributed by atoms with E-state index in [1.807, 2.05) is 0 Å². The van der Waals surface area contributed by atoms with Crippen molar-refractivity contribution in [3.63, 3.8) is 0 Å². The Balaban J connectivity index is 1.67. The molecule has 3 amide bonds. The Morgan fingerprint density at radius 2 is 1.72 bits per heavy atom. The zero-order chi connectivity index (χ0) is 22.7. The molecule has 32 heavy (non-hydrogen) atoms. The Bertz CT molecular complexity index is 1180. The summed E-state index contributed by atoms with van der Waals surface area (Å²) in [5.74, 6) is -0.854. The minimum absolute atomic E-state index is 0.211. The van der Waals surface area contributed by atoms with Crippen LogP contribution in [-0.2, 0) is 9.59 Å². The van der Waals surface area contributed by atoms with Gasteiger partial charge in [0.1, 0.15) is 11.8 Å². The molecular weight excluding hydrogens is 474 g/mol. The Morgan fingerprint density at radius 1 is 1.03 bits per heavy atom. The number of methoxy groups -OCH3 is 1. The van der Waals surface area contributed by atoms with Crippen molar-refractivity contribution in [1.82, 2.24) is 0 Å². The van der Waals surface area contributed by atoms with Crippen LogP contribution in [0.25, 0.3) is 0 Å². The molecule has 1 atom stereocenters. The number of anilines is 3. The number of rotatable bonds is 5. The van der Waals surface area contributed by atoms with Gasteiger partial charge in [0.25, 0.3) is 5.91 Å². The van der Waals surface area contributed by atoms with Gasteiger partial charge in [-0.25, -0.2) is 0 Å². The van der Waals surface area contributed by atoms with Crippen molar-refractivity contribution in [1.29, 1.82) is 0 Å². The largest absolute Gasteiger partial charge is 0.496 e. The van der Waals surface area contributed by atoms with Crippen molar-refractivity contribution < 1.29 is 19.1 Å². The Kier molecular flexibility index (Phi) is 6.23. The summed E-state index contributed by atoms with van der Waals surface area (Å²) < 4.78 is 6.23. The standard InChI is InChI=1S/C24H20BrN3O4/c1-32-21-9-5-2-6-17(21)24(31)28-19-8-4-3-7-18(19)27-23(30)20(28)14-22(29)26-16-12-10-15(25)11-13-16/h2-13,20H,14H2,1H3,(H,26,29)(H,27,30)/t20-/m0/s1. The fraction of sp³-hybridized carbons (Fsp3) is 0.125. The smallest absolute Gasteiger partial charge is 0.262 e. The predicted molar refractivity (Wildman–Crippen MR) is 126 cm³/mol. The lowest BCUT2D eigenvalue weighted by Crippen LogP contribution is -2.52. The lowest BCUT2D eigenvalue weighted by molar-refractivity contribution is -0.122. The maximum absolute atomic E-state index is 13.6. The number of ether oxygens (including phenoxy) is 1. The van der Waals surface area contributed by atoms with E-state index in [-0.39, 0.29) is 12.3 Å². The van der Waals surface area contributed by atoms with Gasteiger partial charge >= 0.3 is 0 Å². The molecule has 0 radical (unpaired) electrons. The van der Waals surface area contributed by atoms with Gasteiger partial charge in [-0.1, -0.05) is 40.2 Å². The summed E-state index contributed by atoms with van der Waals surface area (Å²) in [6.07, 6.45) is -0.211. The van der Waals surface area contributed by atoms with E-state index in [9.17, 15) is 14.4 Å². The number of hydrogen-bond acceptors (Lipinski definition) is 4. The highest BCUT2D eigenvalue weighted by Gasteiger charge is 2.39. The molecular formula is C24H20BrN3O4. The number of benzene rings is 3. The van der Waals surface area contributed by atoms with E-state index in [1.54, 1.807) is 72.8 Å². The first-order valence-electron chi connectivity index (χ1n) is 9.90. The maximum atomic E-state index is 13.6. The number of fused-ring (bicyclic) bond motifs is 1. The second-order valence-electron chi connectivity index (χ2n) is 7.16. The third-order valence-corrected chi connectivity index (χ3v) is 5.63. The number of carbonyl (C=O) groups is 3. The Morgan fingerprint density at radius 3 is 2.47 bits per heavy atom. The molecule has 0 fully saturated rings. The third-order valence-electron chi connectivity index (χ3n) is 5.10. The van der Waals surface area contributed by atoms with Crippen molar-refractivity contribution in [2.45, 2.75) is 12.5 Å². The van der Waals surface area contributed by atoms with Gasteiger partial charge in [0.15, 0.2) is 0 Å². The summed E-state index contributed by atoms with van der Waals surface area (Å²) in [6, 6.07) is 19.9. The predicted octanol–water partition coefficient (Wildman–Crippen LogP) is 4.45. The monoisotopic (exact) mass is 493 g/mol. The van der Waals surface area contributed by atoms with Gasteiger partial charge in [0.2, 0.25) is 11.8 Å². The van der Waals surface area contributed by atoms with Crippen LogP contribution in [0.15, 0.2) is 77.3 Å². The fourth-order valence-electron chi connectivity index (χ4n) is 3.60. The first-order chi connectivity index (χ1) is 15.5. The first-order valence-corrected chi connectivity index (χ1v) is 10.7. The summed E-state index contributed by atoms with van der Waals surface area (Å²) in [5.41, 5.74) is 1.92. The second kappa shape index (κ2) is 9.23. The lowest BCUT2D eigenvalue weighted by atomic mass is 10.0. The summed E-state index contributed by atoms with van der Waals surface area (Å²) in [7, 11) is 1.48. The van der Waals surface area contributed by atoms with Gasteiger partial charge in [-0.2, -0.15) is 0 Å². The maximum Gasteiger partial charge on any atom is 0.262 e. The Hall–Kier alpha value is -3.65. The highest BCUT2D eigenvalue weighted by molar-refractivity contribution is 9.10. The van der Waals surface area contributed by atoms with Crippen LogP contribution in [0.5, 0.6) is 5.75 Å². The zero-order valence-corrected chi connectivity index (χ0v) is 18.8. The SMILES string of the molecule is COc1ccccc1C(=O)N1c2ccccc2NC(=O)[C@@H]1CC(=O)Nc1ccc(Br)cc1. The summed E-state index contributed by atoms with van der Waals surface area (Å²) in [4.78, 5) is 40.7. The number of para-hydroxylation sites is 3. The molecule has 162 valence electrons. The van der Waals surface area contributed by atoms with Crippen LogP contribution < -0.4 is 20.3 Å². The van der Waals surface area contributed by atoms with Gasteiger partial charge in [-0.05, 0) is 48.5 Å². The van der Waals surface area contributed by atoms with Crippen LogP contribution in [-0.4, -0.2) is 30.9 Å². The molecule has 1 aliphatic rings. The molecule has 0 aromatic heterocycles. The van der Waals surface area contributed by atoms with Crippen LogP contribution in [0.3, 0.4) is 0 Å². The molecule has 3 aromatic rings. The summed E-state index contributed by atoms with van der Waals surface area (Å²) in [6.45, 7) is 0. The van der Waals surface area contributed by atoms with Crippen molar-refractivity contribution in [3.8, 4) is 5.75 Å². The normalized spacial score (nSPS) is 14.9. The zero-order valence-electron chi connectivity index (χ0n) is 17.2. The second-order valence-corrected chi connectivity index (χ2v) is 8.07. The number of nitrogens with zero attached hydrogens (tertiary/aromatic N) is 1. The highest BCUT2D eigenvalue weighted by atomic mass is 79.9. The molecule has 2 N–H and O–H groups in total. The van der Waals surface area contributed by atoms with Gasteiger partial charge < -0.3 is 15.4 Å². The molecule has 1 heterocycles. The minimum Gasteiger partial charge on any atom is -0.496 e. The number of carbonyl (C=O) groups excluding carboxylic acids is 3. The average molecular weight is 494 g/mol. The fourth-order valence-corrected chi connectivity index (χ4v) is 3.86. The van der Waals surface area contributed by atoms with E-state index in [1.165, 1.54) is 12.0 Å². The van der Waals surface area contributed by atoms with Gasteiger partial charge in [-0.3, -0.25) is 19.3 Å². The van der Waals surface area contributed by atoms with Crippen molar-refractivity contribution in [2.24, 2.45) is 0 Å². The van der Waals surface area contributed by atoms with Crippen molar-refractivity contribution >= 4 is 50.7 Å². The number of halogens is 1. The molecule has 3 aromatic carbocycles. The minimum atomic E-state index is -1.03. The molecule has 7 nitrogen and oxygen atoms in total. The van der Waals surface area contributed by atoms with Crippen LogP contribution in [0.2, 0.25) is 0 Å². The van der Waals surface area contributed by atoms with E-state index >= 15 is 0 Å². The molecule has 0 saturated heterocycles. The number of hydrogen-bond donors (Lipinski definition) is 2. The van der Waals surface area contributed by atoms with Gasteiger partial charge in [-0.15, -0.1) is 0 Å². The topological polar surface area (TPSA) is 87.7 Å². The molecule has 0 bridgehead atoms. The van der Waals surface area contributed by atoms with E-state index < -0.39 is 17.9 Å². The van der Waals surface area contributed by atoms with Gasteiger partial charge in [0.05, 0.1) is 30.5 Å².